The third-order valence-electron chi connectivity index (χ3n) is 5.17. The number of nitrogens with zero attached hydrogens (tertiary/aromatic N) is 4. The van der Waals surface area contributed by atoms with Crippen LogP contribution in [0.4, 0.5) is 15.2 Å². The summed E-state index contributed by atoms with van der Waals surface area (Å²) in [6.07, 6.45) is 0.655. The Kier molecular flexibility index (Phi) is 6.95. The zero-order valence-corrected chi connectivity index (χ0v) is 18.6. The number of fused-ring (bicyclic) bond motifs is 1. The SMILES string of the molecule is O=C(c1cc([N+](=O)[O-])ccc1Cl)N(CCCN1CCOCC1)c1nc2ccc(F)cc2s1. The van der Waals surface area contributed by atoms with E-state index < -0.39 is 10.8 Å². The van der Waals surface area contributed by atoms with Gasteiger partial charge in [-0.1, -0.05) is 22.9 Å². The van der Waals surface area contributed by atoms with Gasteiger partial charge in [0.25, 0.3) is 11.6 Å². The minimum atomic E-state index is -0.573. The van der Waals surface area contributed by atoms with Crippen molar-refractivity contribution in [1.82, 2.24) is 9.88 Å². The van der Waals surface area contributed by atoms with Crippen molar-refractivity contribution < 1.29 is 18.8 Å². The first-order chi connectivity index (χ1) is 15.4. The van der Waals surface area contributed by atoms with Crippen LogP contribution in [0.3, 0.4) is 0 Å². The zero-order chi connectivity index (χ0) is 22.7. The predicted molar refractivity (Wildman–Crippen MR) is 121 cm³/mol. The number of non-ortho nitro benzene ring substituents is 1. The molecule has 0 radical (unpaired) electrons. The fourth-order valence-corrected chi connectivity index (χ4v) is 4.71. The number of hydrogen-bond acceptors (Lipinski definition) is 7. The van der Waals surface area contributed by atoms with Gasteiger partial charge in [-0.05, 0) is 30.7 Å². The van der Waals surface area contributed by atoms with E-state index in [1.807, 2.05) is 0 Å². The molecule has 3 aromatic rings. The van der Waals surface area contributed by atoms with Crippen molar-refractivity contribution in [2.24, 2.45) is 0 Å². The average Bonchev–Trinajstić information content (AvgIpc) is 3.20. The molecule has 0 saturated carbocycles. The number of amides is 1. The Bertz CT molecular complexity index is 1150. The Morgan fingerprint density at radius 1 is 1.28 bits per heavy atom. The number of ether oxygens (including phenoxy) is 1. The summed E-state index contributed by atoms with van der Waals surface area (Å²) in [5.41, 5.74) is 0.373. The molecular weight excluding hydrogens is 459 g/mol. The predicted octanol–water partition coefficient (Wildman–Crippen LogP) is 4.37. The monoisotopic (exact) mass is 478 g/mol. The fraction of sp³-hybridized carbons (Fsp3) is 0.333. The Hall–Kier alpha value is -2.66. The van der Waals surface area contributed by atoms with Crippen LogP contribution in [0.5, 0.6) is 0 Å². The molecule has 1 aliphatic heterocycles. The Balaban J connectivity index is 1.63. The maximum absolute atomic E-state index is 13.7. The second-order valence-corrected chi connectivity index (χ2v) is 8.71. The fourth-order valence-electron chi connectivity index (χ4n) is 3.50. The maximum Gasteiger partial charge on any atom is 0.270 e. The van der Waals surface area contributed by atoms with Crippen molar-refractivity contribution in [3.05, 3.63) is 62.9 Å². The highest BCUT2D eigenvalue weighted by atomic mass is 35.5. The zero-order valence-electron chi connectivity index (χ0n) is 17.0. The molecule has 1 saturated heterocycles. The first-order valence-electron chi connectivity index (χ1n) is 10.0. The lowest BCUT2D eigenvalue weighted by atomic mass is 10.1. The van der Waals surface area contributed by atoms with Gasteiger partial charge >= 0.3 is 0 Å². The van der Waals surface area contributed by atoms with Crippen molar-refractivity contribution in [3.8, 4) is 0 Å². The largest absolute Gasteiger partial charge is 0.379 e. The molecule has 0 bridgehead atoms. The maximum atomic E-state index is 13.7. The molecule has 4 rings (SSSR count). The Morgan fingerprint density at radius 2 is 2.06 bits per heavy atom. The number of anilines is 1. The van der Waals surface area contributed by atoms with Gasteiger partial charge < -0.3 is 4.74 Å². The standard InChI is InChI=1S/C21H20ClFN4O4S/c22-17-4-3-15(27(29)30)13-16(17)20(28)26(7-1-6-25-8-10-31-11-9-25)21-24-18-5-2-14(23)12-19(18)32-21/h2-5,12-13H,1,6-11H2. The lowest BCUT2D eigenvalue weighted by molar-refractivity contribution is -0.384. The molecule has 1 fully saturated rings. The lowest BCUT2D eigenvalue weighted by Crippen LogP contribution is -2.39. The van der Waals surface area contributed by atoms with E-state index in [0.29, 0.717) is 41.5 Å². The van der Waals surface area contributed by atoms with E-state index in [0.717, 1.165) is 19.6 Å². The number of nitro groups is 1. The number of thiazole rings is 1. The van der Waals surface area contributed by atoms with Gasteiger partial charge in [-0.15, -0.1) is 0 Å². The molecule has 1 aliphatic rings. The highest BCUT2D eigenvalue weighted by Gasteiger charge is 2.25. The van der Waals surface area contributed by atoms with Gasteiger partial charge in [0.2, 0.25) is 0 Å². The summed E-state index contributed by atoms with van der Waals surface area (Å²) in [6.45, 7) is 4.09. The minimum absolute atomic E-state index is 0.0256. The quantitative estimate of drug-likeness (QED) is 0.370. The minimum Gasteiger partial charge on any atom is -0.379 e. The van der Waals surface area contributed by atoms with Crippen LogP contribution >= 0.6 is 22.9 Å². The van der Waals surface area contributed by atoms with Crippen LogP contribution in [0, 0.1) is 15.9 Å². The third kappa shape index (κ3) is 5.04. The topological polar surface area (TPSA) is 88.8 Å². The number of hydrogen-bond donors (Lipinski definition) is 0. The summed E-state index contributed by atoms with van der Waals surface area (Å²) in [5, 5.41) is 11.7. The van der Waals surface area contributed by atoms with E-state index >= 15 is 0 Å². The summed E-state index contributed by atoms with van der Waals surface area (Å²) in [5.74, 6) is -0.875. The molecular formula is C21H20ClFN4O4S. The number of carbonyl (C=O) groups is 1. The van der Waals surface area contributed by atoms with Crippen LogP contribution in [0.15, 0.2) is 36.4 Å². The first kappa shape index (κ1) is 22.5. The number of benzene rings is 2. The number of morpholine rings is 1. The second kappa shape index (κ2) is 9.86. The normalized spacial score (nSPS) is 14.6. The molecule has 0 spiro atoms. The highest BCUT2D eigenvalue weighted by Crippen LogP contribution is 2.32. The van der Waals surface area contributed by atoms with Crippen molar-refractivity contribution >= 4 is 49.9 Å². The van der Waals surface area contributed by atoms with Crippen LogP contribution in [-0.2, 0) is 4.74 Å². The van der Waals surface area contributed by atoms with E-state index in [9.17, 15) is 19.3 Å². The van der Waals surface area contributed by atoms with E-state index in [2.05, 4.69) is 9.88 Å². The van der Waals surface area contributed by atoms with Crippen molar-refractivity contribution in [1.29, 1.82) is 0 Å². The molecule has 168 valence electrons. The van der Waals surface area contributed by atoms with Crippen LogP contribution in [-0.4, -0.2) is 60.1 Å². The van der Waals surface area contributed by atoms with E-state index in [-0.39, 0.29) is 22.1 Å². The van der Waals surface area contributed by atoms with Gasteiger partial charge in [-0.25, -0.2) is 9.37 Å². The summed E-state index contributed by atoms with van der Waals surface area (Å²) in [4.78, 5) is 32.3. The summed E-state index contributed by atoms with van der Waals surface area (Å²) >= 11 is 7.41. The van der Waals surface area contributed by atoms with Gasteiger partial charge in [-0.3, -0.25) is 24.7 Å². The molecule has 11 heteroatoms. The molecule has 0 aliphatic carbocycles. The Labute approximate surface area is 192 Å². The van der Waals surface area contributed by atoms with Crippen molar-refractivity contribution in [2.75, 3.05) is 44.3 Å². The molecule has 2 aromatic carbocycles. The smallest absolute Gasteiger partial charge is 0.270 e. The molecule has 1 aromatic heterocycles. The summed E-state index contributed by atoms with van der Waals surface area (Å²) < 4.78 is 19.6. The first-order valence-corrected chi connectivity index (χ1v) is 11.2. The van der Waals surface area contributed by atoms with Gasteiger partial charge in [0.1, 0.15) is 5.82 Å². The number of aromatic nitrogens is 1. The summed E-state index contributed by atoms with van der Waals surface area (Å²) in [6, 6.07) is 8.00. The number of nitro benzene ring substituents is 1. The molecule has 0 N–H and O–H groups in total. The highest BCUT2D eigenvalue weighted by molar-refractivity contribution is 7.22. The number of halogens is 2. The third-order valence-corrected chi connectivity index (χ3v) is 6.54. The van der Waals surface area contributed by atoms with Crippen LogP contribution < -0.4 is 4.90 Å². The van der Waals surface area contributed by atoms with Crippen molar-refractivity contribution in [3.63, 3.8) is 0 Å². The van der Waals surface area contributed by atoms with E-state index in [4.69, 9.17) is 16.3 Å². The molecule has 32 heavy (non-hydrogen) atoms. The van der Waals surface area contributed by atoms with Crippen LogP contribution in [0.2, 0.25) is 5.02 Å². The average molecular weight is 479 g/mol. The van der Waals surface area contributed by atoms with E-state index in [1.54, 1.807) is 6.07 Å². The second-order valence-electron chi connectivity index (χ2n) is 7.29. The Morgan fingerprint density at radius 3 is 2.81 bits per heavy atom. The number of rotatable bonds is 7. The molecule has 0 atom stereocenters. The number of carbonyl (C=O) groups excluding carboxylic acids is 1. The molecule has 2 heterocycles. The van der Waals surface area contributed by atoms with Gasteiger partial charge in [0, 0.05) is 38.3 Å². The van der Waals surface area contributed by atoms with Crippen molar-refractivity contribution in [2.45, 2.75) is 6.42 Å². The lowest BCUT2D eigenvalue weighted by Gasteiger charge is -2.27. The van der Waals surface area contributed by atoms with E-state index in [1.165, 1.54) is 46.6 Å². The van der Waals surface area contributed by atoms with Gasteiger partial charge in [-0.2, -0.15) is 0 Å². The molecule has 0 unspecified atom stereocenters. The van der Waals surface area contributed by atoms with Gasteiger partial charge in [0.15, 0.2) is 5.13 Å². The van der Waals surface area contributed by atoms with Crippen LogP contribution in [0.25, 0.3) is 10.2 Å². The van der Waals surface area contributed by atoms with Gasteiger partial charge in [0.05, 0.1) is 38.9 Å². The molecule has 1 amide bonds. The van der Waals surface area contributed by atoms with Crippen LogP contribution in [0.1, 0.15) is 16.8 Å². The summed E-state index contributed by atoms with van der Waals surface area (Å²) in [7, 11) is 0. The molecule has 8 nitrogen and oxygen atoms in total.